The number of aromatic nitrogens is 4. The zero-order valence-electron chi connectivity index (χ0n) is 18.8. The predicted molar refractivity (Wildman–Crippen MR) is 125 cm³/mol. The number of rotatable bonds is 6. The number of imide groups is 1. The van der Waals surface area contributed by atoms with Crippen molar-refractivity contribution in [2.24, 2.45) is 0 Å². The number of pyridine rings is 1. The number of benzene rings is 1. The van der Waals surface area contributed by atoms with Gasteiger partial charge < -0.3 is 14.0 Å². The Hall–Kier alpha value is -4.53. The number of hydrogen-bond acceptors (Lipinski definition) is 7. The summed E-state index contributed by atoms with van der Waals surface area (Å²) in [7, 11) is 4.33. The van der Waals surface area contributed by atoms with E-state index in [2.05, 4.69) is 15.0 Å². The third-order valence-corrected chi connectivity index (χ3v) is 5.76. The van der Waals surface area contributed by atoms with Crippen LogP contribution in [0.5, 0.6) is 11.9 Å². The maximum Gasteiger partial charge on any atom is 0.319 e. The number of carbonyl (C=O) groups is 2. The largest absolute Gasteiger partial charge is 0.480 e. The minimum Gasteiger partial charge on any atom is -0.480 e. The van der Waals surface area contributed by atoms with Crippen molar-refractivity contribution < 1.29 is 19.1 Å². The van der Waals surface area contributed by atoms with E-state index in [4.69, 9.17) is 9.47 Å². The SMILES string of the molecule is COc1ncc(C2=C(c3cn(Cc4ccccc4)c4ncccc34)C(=O)N(C)C2=O)c(OC)n1. The van der Waals surface area contributed by atoms with Crippen molar-refractivity contribution >= 4 is 34.0 Å². The first-order valence-electron chi connectivity index (χ1n) is 10.5. The molecule has 0 saturated heterocycles. The molecular formula is C25H21N5O4. The smallest absolute Gasteiger partial charge is 0.319 e. The topological polar surface area (TPSA) is 99.4 Å². The molecule has 0 fully saturated rings. The molecule has 0 unspecified atom stereocenters. The van der Waals surface area contributed by atoms with Gasteiger partial charge in [0.25, 0.3) is 11.8 Å². The zero-order chi connectivity index (χ0) is 23.8. The van der Waals surface area contributed by atoms with E-state index < -0.39 is 11.8 Å². The molecule has 9 heteroatoms. The first-order valence-corrected chi connectivity index (χ1v) is 10.5. The molecule has 1 aromatic carbocycles. The van der Waals surface area contributed by atoms with E-state index in [1.807, 2.05) is 47.2 Å². The second kappa shape index (κ2) is 8.43. The molecule has 0 atom stereocenters. The van der Waals surface area contributed by atoms with E-state index >= 15 is 0 Å². The van der Waals surface area contributed by atoms with E-state index in [9.17, 15) is 9.59 Å². The average molecular weight is 455 g/mol. The minimum absolute atomic E-state index is 0.0940. The Morgan fingerprint density at radius 2 is 1.62 bits per heavy atom. The third-order valence-electron chi connectivity index (χ3n) is 5.76. The zero-order valence-corrected chi connectivity index (χ0v) is 18.8. The standard InChI is InChI=1S/C25H21N5O4/c1-29-23(31)19(17-12-27-25(34-3)28-22(17)33-2)20(24(29)32)18-14-30(13-15-8-5-4-6-9-15)21-16(18)10-7-11-26-21/h4-12,14H,13H2,1-3H3. The van der Waals surface area contributed by atoms with E-state index in [1.165, 1.54) is 27.5 Å². The second-order valence-electron chi connectivity index (χ2n) is 7.73. The van der Waals surface area contributed by atoms with E-state index in [0.29, 0.717) is 23.3 Å². The summed E-state index contributed by atoms with van der Waals surface area (Å²) in [4.78, 5) is 40.6. The lowest BCUT2D eigenvalue weighted by atomic mass is 9.97. The molecule has 3 aromatic heterocycles. The molecule has 0 spiro atoms. The van der Waals surface area contributed by atoms with E-state index in [-0.39, 0.29) is 23.0 Å². The average Bonchev–Trinajstić information content (AvgIpc) is 3.34. The molecule has 2 amide bonds. The lowest BCUT2D eigenvalue weighted by molar-refractivity contribution is -0.134. The van der Waals surface area contributed by atoms with Crippen LogP contribution in [0.15, 0.2) is 61.1 Å². The Morgan fingerprint density at radius 3 is 2.32 bits per heavy atom. The van der Waals surface area contributed by atoms with E-state index in [1.54, 1.807) is 12.3 Å². The summed E-state index contributed by atoms with van der Waals surface area (Å²) in [5.41, 5.74) is 3.14. The van der Waals surface area contributed by atoms with Crippen LogP contribution in [0.25, 0.3) is 22.2 Å². The molecule has 0 N–H and O–H groups in total. The number of hydrogen-bond donors (Lipinski definition) is 0. The normalized spacial score (nSPS) is 13.8. The molecule has 170 valence electrons. The first-order chi connectivity index (χ1) is 16.5. The Labute approximate surface area is 195 Å². The van der Waals surface area contributed by atoms with Crippen LogP contribution in [0, 0.1) is 0 Å². The van der Waals surface area contributed by atoms with Crippen molar-refractivity contribution in [3.8, 4) is 11.9 Å². The molecule has 9 nitrogen and oxygen atoms in total. The molecule has 0 aliphatic carbocycles. The quantitative estimate of drug-likeness (QED) is 0.412. The number of methoxy groups -OCH3 is 2. The van der Waals surface area contributed by atoms with Gasteiger partial charge in [0.1, 0.15) is 5.65 Å². The molecule has 0 bridgehead atoms. The molecule has 4 aromatic rings. The van der Waals surface area contributed by atoms with Crippen molar-refractivity contribution in [3.63, 3.8) is 0 Å². The van der Waals surface area contributed by atoms with Crippen LogP contribution in [-0.4, -0.2) is 57.5 Å². The summed E-state index contributed by atoms with van der Waals surface area (Å²) in [6, 6.07) is 13.7. The Bertz CT molecular complexity index is 1460. The fourth-order valence-electron chi connectivity index (χ4n) is 4.14. The highest BCUT2D eigenvalue weighted by atomic mass is 16.5. The fraction of sp³-hybridized carbons (Fsp3) is 0.160. The Balaban J connectivity index is 1.76. The Kier molecular flexibility index (Phi) is 5.29. The lowest BCUT2D eigenvalue weighted by Crippen LogP contribution is -2.26. The first kappa shape index (κ1) is 21.3. The van der Waals surface area contributed by atoms with Gasteiger partial charge in [-0.3, -0.25) is 14.5 Å². The van der Waals surface area contributed by atoms with Gasteiger partial charge in [0.05, 0.1) is 30.9 Å². The van der Waals surface area contributed by atoms with Crippen molar-refractivity contribution in [1.29, 1.82) is 0 Å². The summed E-state index contributed by atoms with van der Waals surface area (Å²) in [6.45, 7) is 0.559. The molecule has 0 radical (unpaired) electrons. The molecule has 0 saturated carbocycles. The molecule has 1 aliphatic heterocycles. The number of fused-ring (bicyclic) bond motifs is 1. The van der Waals surface area contributed by atoms with Crippen LogP contribution in [0.1, 0.15) is 16.7 Å². The van der Waals surface area contributed by atoms with Gasteiger partial charge in [0, 0.05) is 43.1 Å². The van der Waals surface area contributed by atoms with Gasteiger partial charge >= 0.3 is 6.01 Å². The van der Waals surface area contributed by atoms with Gasteiger partial charge in [-0.25, -0.2) is 9.97 Å². The summed E-state index contributed by atoms with van der Waals surface area (Å²) in [5, 5.41) is 0.760. The molecular weight excluding hydrogens is 434 g/mol. The Morgan fingerprint density at radius 1 is 0.882 bits per heavy atom. The van der Waals surface area contributed by atoms with Crippen LogP contribution in [0.3, 0.4) is 0 Å². The molecule has 34 heavy (non-hydrogen) atoms. The van der Waals surface area contributed by atoms with Crippen molar-refractivity contribution in [2.45, 2.75) is 6.54 Å². The summed E-state index contributed by atoms with van der Waals surface area (Å²) in [6.07, 6.45) is 5.00. The monoisotopic (exact) mass is 455 g/mol. The van der Waals surface area contributed by atoms with Crippen LogP contribution in [0.2, 0.25) is 0 Å². The number of likely N-dealkylation sites (N-methyl/N-ethyl adjacent to an activating group) is 1. The van der Waals surface area contributed by atoms with Crippen molar-refractivity contribution in [2.75, 3.05) is 21.3 Å². The molecule has 4 heterocycles. The van der Waals surface area contributed by atoms with Crippen LogP contribution in [0.4, 0.5) is 0 Å². The van der Waals surface area contributed by atoms with Gasteiger partial charge in [-0.2, -0.15) is 4.98 Å². The highest BCUT2D eigenvalue weighted by Crippen LogP contribution is 2.40. The second-order valence-corrected chi connectivity index (χ2v) is 7.73. The minimum atomic E-state index is -0.458. The number of nitrogens with zero attached hydrogens (tertiary/aromatic N) is 5. The van der Waals surface area contributed by atoms with Gasteiger partial charge in [0.2, 0.25) is 5.88 Å². The molecule has 5 rings (SSSR count). The lowest BCUT2D eigenvalue weighted by Gasteiger charge is -2.10. The predicted octanol–water partition coefficient (Wildman–Crippen LogP) is 2.80. The fourth-order valence-corrected chi connectivity index (χ4v) is 4.14. The number of carbonyl (C=O) groups excluding carboxylic acids is 2. The van der Waals surface area contributed by atoms with Crippen molar-refractivity contribution in [1.82, 2.24) is 24.4 Å². The summed E-state index contributed by atoms with van der Waals surface area (Å²) < 4.78 is 12.5. The summed E-state index contributed by atoms with van der Waals surface area (Å²) in [5.74, 6) is -0.734. The van der Waals surface area contributed by atoms with Gasteiger partial charge in [-0.05, 0) is 17.7 Å². The van der Waals surface area contributed by atoms with Gasteiger partial charge in [-0.1, -0.05) is 30.3 Å². The highest BCUT2D eigenvalue weighted by Gasteiger charge is 2.40. The van der Waals surface area contributed by atoms with Crippen molar-refractivity contribution in [3.05, 3.63) is 77.7 Å². The highest BCUT2D eigenvalue weighted by molar-refractivity contribution is 6.49. The van der Waals surface area contributed by atoms with Gasteiger partial charge in [-0.15, -0.1) is 0 Å². The number of amides is 2. The van der Waals surface area contributed by atoms with Crippen LogP contribution in [-0.2, 0) is 16.1 Å². The molecule has 1 aliphatic rings. The maximum atomic E-state index is 13.3. The third kappa shape index (κ3) is 3.38. The number of ether oxygens (including phenoxy) is 2. The summed E-state index contributed by atoms with van der Waals surface area (Å²) >= 11 is 0. The van der Waals surface area contributed by atoms with Crippen LogP contribution >= 0.6 is 0 Å². The maximum absolute atomic E-state index is 13.3. The van der Waals surface area contributed by atoms with Gasteiger partial charge in [0.15, 0.2) is 0 Å². The van der Waals surface area contributed by atoms with E-state index in [0.717, 1.165) is 15.8 Å². The van der Waals surface area contributed by atoms with Crippen LogP contribution < -0.4 is 9.47 Å².